The molecule has 1 amide bonds. The van der Waals surface area contributed by atoms with Crippen LogP contribution in [-0.2, 0) is 21.1 Å². The zero-order valence-corrected chi connectivity index (χ0v) is 19.6. The third-order valence-electron chi connectivity index (χ3n) is 5.37. The molecular weight excluding hydrogens is 464 g/mol. The van der Waals surface area contributed by atoms with E-state index in [-0.39, 0.29) is 16.9 Å². The van der Waals surface area contributed by atoms with Crippen LogP contribution < -0.4 is 5.32 Å². The van der Waals surface area contributed by atoms with Crippen molar-refractivity contribution in [1.29, 1.82) is 0 Å². The van der Waals surface area contributed by atoms with Crippen molar-refractivity contribution in [2.45, 2.75) is 11.3 Å². The van der Waals surface area contributed by atoms with E-state index in [4.69, 9.17) is 5.11 Å². The van der Waals surface area contributed by atoms with Gasteiger partial charge in [0.1, 0.15) is 0 Å². The van der Waals surface area contributed by atoms with Crippen molar-refractivity contribution in [3.63, 3.8) is 0 Å². The van der Waals surface area contributed by atoms with E-state index in [9.17, 15) is 18.0 Å². The molecule has 35 heavy (non-hydrogen) atoms. The first kappa shape index (κ1) is 23.8. The summed E-state index contributed by atoms with van der Waals surface area (Å²) in [6.45, 7) is 0. The lowest BCUT2D eigenvalue weighted by atomic mass is 9.97. The van der Waals surface area contributed by atoms with Crippen molar-refractivity contribution in [3.05, 3.63) is 102 Å². The van der Waals surface area contributed by atoms with Gasteiger partial charge < -0.3 is 10.4 Å². The van der Waals surface area contributed by atoms with Crippen LogP contribution in [0.2, 0.25) is 0 Å². The molecule has 1 heterocycles. The van der Waals surface area contributed by atoms with Crippen LogP contribution in [0.5, 0.6) is 0 Å². The highest BCUT2D eigenvalue weighted by atomic mass is 32.2. The summed E-state index contributed by atoms with van der Waals surface area (Å²) in [6.07, 6.45) is 2.66. The average Bonchev–Trinajstić information content (AvgIpc) is 2.84. The van der Waals surface area contributed by atoms with E-state index in [0.717, 1.165) is 17.5 Å². The number of carboxylic acids is 1. The Morgan fingerprint density at radius 1 is 0.886 bits per heavy atom. The molecule has 3 aromatic carbocycles. The summed E-state index contributed by atoms with van der Waals surface area (Å²) < 4.78 is 24.3. The van der Waals surface area contributed by atoms with E-state index in [0.29, 0.717) is 22.4 Å². The maximum atomic E-state index is 13.3. The fourth-order valence-electron chi connectivity index (χ4n) is 3.66. The first-order valence-corrected chi connectivity index (χ1v) is 12.6. The number of nitrogens with one attached hydrogen (secondary N) is 1. The van der Waals surface area contributed by atoms with Gasteiger partial charge in [0.15, 0.2) is 9.84 Å². The Balaban J connectivity index is 1.70. The Labute approximate surface area is 203 Å². The number of carboxylic acid groups (broad SMARTS) is 1. The molecule has 0 aliphatic carbocycles. The Kier molecular flexibility index (Phi) is 6.75. The summed E-state index contributed by atoms with van der Waals surface area (Å²) in [5, 5.41) is 11.9. The number of nitrogens with zero attached hydrogens (tertiary/aromatic N) is 1. The Bertz CT molecular complexity index is 1500. The molecule has 1 aromatic heterocycles. The van der Waals surface area contributed by atoms with Crippen LogP contribution in [0.1, 0.15) is 15.9 Å². The predicted octanol–water partition coefficient (Wildman–Crippen LogP) is 4.70. The molecule has 0 radical (unpaired) electrons. The van der Waals surface area contributed by atoms with Crippen molar-refractivity contribution >= 4 is 27.4 Å². The Morgan fingerprint density at radius 2 is 1.66 bits per heavy atom. The van der Waals surface area contributed by atoms with Crippen LogP contribution >= 0.6 is 0 Å². The van der Waals surface area contributed by atoms with Crippen molar-refractivity contribution < 1.29 is 23.1 Å². The third kappa shape index (κ3) is 5.80. The maximum absolute atomic E-state index is 13.3. The van der Waals surface area contributed by atoms with Gasteiger partial charge in [-0.2, -0.15) is 0 Å². The number of benzene rings is 3. The minimum atomic E-state index is -3.51. The first-order valence-electron chi connectivity index (χ1n) is 10.7. The van der Waals surface area contributed by atoms with Crippen molar-refractivity contribution in [2.24, 2.45) is 0 Å². The molecule has 0 aliphatic heterocycles. The number of aromatic nitrogens is 1. The lowest BCUT2D eigenvalue weighted by Crippen LogP contribution is -2.14. The molecule has 0 saturated carbocycles. The van der Waals surface area contributed by atoms with Crippen molar-refractivity contribution in [1.82, 2.24) is 4.98 Å². The number of carbonyl (C=O) groups is 2. The van der Waals surface area contributed by atoms with Gasteiger partial charge in [-0.1, -0.05) is 42.5 Å². The summed E-state index contributed by atoms with van der Waals surface area (Å²) in [4.78, 5) is 28.7. The molecule has 0 bridgehead atoms. The largest absolute Gasteiger partial charge is 0.481 e. The van der Waals surface area contributed by atoms with Gasteiger partial charge in [0.05, 0.1) is 17.0 Å². The number of rotatable bonds is 7. The molecule has 0 fully saturated rings. The van der Waals surface area contributed by atoms with Crippen LogP contribution in [0, 0.1) is 0 Å². The lowest BCUT2D eigenvalue weighted by Gasteiger charge is -2.13. The van der Waals surface area contributed by atoms with Gasteiger partial charge in [0.2, 0.25) is 0 Å². The van der Waals surface area contributed by atoms with Crippen LogP contribution in [0.4, 0.5) is 5.69 Å². The van der Waals surface area contributed by atoms with Crippen LogP contribution in [0.25, 0.3) is 22.4 Å². The number of amides is 1. The minimum absolute atomic E-state index is 0.0795. The quantitative estimate of drug-likeness (QED) is 0.392. The fraction of sp³-hybridized carbons (Fsp3) is 0.0741. The second kappa shape index (κ2) is 9.90. The van der Waals surface area contributed by atoms with Crippen LogP contribution in [0.3, 0.4) is 0 Å². The lowest BCUT2D eigenvalue weighted by molar-refractivity contribution is -0.136. The molecule has 8 heteroatoms. The van der Waals surface area contributed by atoms with Crippen LogP contribution in [-0.4, -0.2) is 36.6 Å². The van der Waals surface area contributed by atoms with Gasteiger partial charge in [-0.3, -0.25) is 14.6 Å². The van der Waals surface area contributed by atoms with E-state index in [2.05, 4.69) is 10.3 Å². The molecule has 0 atom stereocenters. The minimum Gasteiger partial charge on any atom is -0.481 e. The van der Waals surface area contributed by atoms with Crippen LogP contribution in [0.15, 0.2) is 96.0 Å². The van der Waals surface area contributed by atoms with Gasteiger partial charge in [0, 0.05) is 29.3 Å². The molecule has 176 valence electrons. The summed E-state index contributed by atoms with van der Waals surface area (Å²) in [5.41, 5.74) is 4.07. The second-order valence-electron chi connectivity index (χ2n) is 8.00. The standard InChI is InChI=1S/C27H22N2O5S/c1-35(33,34)22-12-13-23(24(17-22)19-10-8-18(9-11-19)15-26(30)31)27(32)29-21-6-4-5-20(16-21)25-7-2-3-14-28-25/h2-14,16-17H,15H2,1H3,(H,29,32)(H,30,31). The molecule has 4 rings (SSSR count). The van der Waals surface area contributed by atoms with Crippen molar-refractivity contribution in [3.8, 4) is 22.4 Å². The van der Waals surface area contributed by atoms with Gasteiger partial charge in [-0.25, -0.2) is 8.42 Å². The van der Waals surface area contributed by atoms with Gasteiger partial charge in [0.25, 0.3) is 5.91 Å². The zero-order valence-electron chi connectivity index (χ0n) is 18.8. The Morgan fingerprint density at radius 3 is 2.31 bits per heavy atom. The number of sulfone groups is 1. The van der Waals surface area contributed by atoms with Gasteiger partial charge >= 0.3 is 5.97 Å². The first-order chi connectivity index (χ1) is 16.7. The number of hydrogen-bond acceptors (Lipinski definition) is 5. The smallest absolute Gasteiger partial charge is 0.307 e. The number of carbonyl (C=O) groups excluding carboxylic acids is 1. The molecule has 4 aromatic rings. The second-order valence-corrected chi connectivity index (χ2v) is 10.0. The molecule has 0 aliphatic rings. The third-order valence-corrected chi connectivity index (χ3v) is 6.48. The molecule has 0 spiro atoms. The molecular formula is C27H22N2O5S. The molecule has 2 N–H and O–H groups in total. The highest BCUT2D eigenvalue weighted by Crippen LogP contribution is 2.29. The van der Waals surface area contributed by atoms with E-state index in [1.54, 1.807) is 36.5 Å². The molecule has 0 saturated heterocycles. The normalized spacial score (nSPS) is 11.1. The highest BCUT2D eigenvalue weighted by molar-refractivity contribution is 7.90. The monoisotopic (exact) mass is 486 g/mol. The SMILES string of the molecule is CS(=O)(=O)c1ccc(C(=O)Nc2cccc(-c3ccccn3)c2)c(-c2ccc(CC(=O)O)cc2)c1. The molecule has 7 nitrogen and oxygen atoms in total. The summed E-state index contributed by atoms with van der Waals surface area (Å²) in [5.74, 6) is -1.36. The zero-order chi connectivity index (χ0) is 25.0. The average molecular weight is 487 g/mol. The fourth-order valence-corrected chi connectivity index (χ4v) is 4.30. The molecule has 0 unspecified atom stereocenters. The van der Waals surface area contributed by atoms with Gasteiger partial charge in [-0.05, 0) is 59.2 Å². The van der Waals surface area contributed by atoms with E-state index in [1.165, 1.54) is 18.2 Å². The highest BCUT2D eigenvalue weighted by Gasteiger charge is 2.18. The topological polar surface area (TPSA) is 113 Å². The van der Waals surface area contributed by atoms with Gasteiger partial charge in [-0.15, -0.1) is 0 Å². The number of aliphatic carboxylic acids is 1. The van der Waals surface area contributed by atoms with E-state index in [1.807, 2.05) is 36.4 Å². The summed E-state index contributed by atoms with van der Waals surface area (Å²) in [7, 11) is -3.51. The summed E-state index contributed by atoms with van der Waals surface area (Å²) >= 11 is 0. The predicted molar refractivity (Wildman–Crippen MR) is 134 cm³/mol. The Hall–Kier alpha value is -4.30. The maximum Gasteiger partial charge on any atom is 0.307 e. The number of hydrogen-bond donors (Lipinski definition) is 2. The number of anilines is 1. The number of pyridine rings is 1. The van der Waals surface area contributed by atoms with Crippen molar-refractivity contribution in [2.75, 3.05) is 11.6 Å². The van der Waals surface area contributed by atoms with E-state index >= 15 is 0 Å². The summed E-state index contributed by atoms with van der Waals surface area (Å²) in [6, 6.07) is 23.8. The van der Waals surface area contributed by atoms with E-state index < -0.39 is 21.7 Å².